The molecule has 3 nitrogen and oxygen atoms in total. The average Bonchev–Trinajstić information content (AvgIpc) is 2.17. The molecule has 1 aromatic carbocycles. The topological polar surface area (TPSA) is 49.7 Å². The molecule has 0 bridgehead atoms. The van der Waals surface area contributed by atoms with Gasteiger partial charge in [0.1, 0.15) is 0 Å². The quantitative estimate of drug-likeness (QED) is 0.595. The first-order chi connectivity index (χ1) is 5.77. The smallest absolute Gasteiger partial charge is 0.423 e. The Morgan fingerprint density at radius 1 is 1.33 bits per heavy atom. The maximum atomic E-state index is 9.21. The Morgan fingerprint density at radius 3 is 2.33 bits per heavy atom. The fourth-order valence-corrected chi connectivity index (χ4v) is 0.924. The lowest BCUT2D eigenvalue weighted by molar-refractivity contribution is 0.282. The molecule has 0 spiro atoms. The van der Waals surface area contributed by atoms with E-state index in [9.17, 15) is 5.02 Å². The maximum Gasteiger partial charge on any atom is 0.490 e. The van der Waals surface area contributed by atoms with Gasteiger partial charge in [-0.15, -0.1) is 0 Å². The van der Waals surface area contributed by atoms with Crippen molar-refractivity contribution in [1.82, 2.24) is 0 Å². The second-order valence-corrected chi connectivity index (χ2v) is 2.49. The highest BCUT2D eigenvalue weighted by Gasteiger charge is 2.12. The Balaban J connectivity index is 2.77. The highest BCUT2D eigenvalue weighted by Crippen LogP contribution is 1.96. The van der Waals surface area contributed by atoms with Crippen molar-refractivity contribution in [2.75, 3.05) is 7.11 Å². The van der Waals surface area contributed by atoms with Gasteiger partial charge >= 0.3 is 7.12 Å². The molecule has 0 unspecified atom stereocenters. The predicted octanol–water partition coefficient (Wildman–Crippen LogP) is -0.487. The summed E-state index contributed by atoms with van der Waals surface area (Å²) in [4.78, 5) is 0. The lowest BCUT2D eigenvalue weighted by atomic mass is 9.79. The summed E-state index contributed by atoms with van der Waals surface area (Å²) in [5, 5.41) is 17.9. The summed E-state index contributed by atoms with van der Waals surface area (Å²) in [6.07, 6.45) is 0. The van der Waals surface area contributed by atoms with E-state index in [0.29, 0.717) is 5.46 Å². The molecule has 0 fully saturated rings. The van der Waals surface area contributed by atoms with Gasteiger partial charge in [-0.3, -0.25) is 0 Å². The SMILES string of the molecule is COB(O)c1ccc(CO)cc1. The molecule has 0 saturated carbocycles. The van der Waals surface area contributed by atoms with Gasteiger partial charge in [-0.1, -0.05) is 24.3 Å². The molecule has 64 valence electrons. The molecule has 0 radical (unpaired) electrons. The van der Waals surface area contributed by atoms with E-state index in [4.69, 9.17) is 9.76 Å². The first-order valence-electron chi connectivity index (χ1n) is 3.68. The third-order valence-corrected chi connectivity index (χ3v) is 1.67. The van der Waals surface area contributed by atoms with Crippen molar-refractivity contribution in [3.63, 3.8) is 0 Å². The molecule has 0 aliphatic rings. The second kappa shape index (κ2) is 4.26. The molecule has 1 aromatic rings. The molecule has 2 N–H and O–H groups in total. The van der Waals surface area contributed by atoms with Crippen LogP contribution in [0, 0.1) is 0 Å². The molecular weight excluding hydrogens is 155 g/mol. The molecule has 12 heavy (non-hydrogen) atoms. The largest absolute Gasteiger partial charge is 0.490 e. The van der Waals surface area contributed by atoms with Crippen molar-refractivity contribution >= 4 is 12.6 Å². The van der Waals surface area contributed by atoms with Gasteiger partial charge in [0.25, 0.3) is 0 Å². The summed E-state index contributed by atoms with van der Waals surface area (Å²) < 4.78 is 4.70. The number of hydrogen-bond donors (Lipinski definition) is 2. The zero-order valence-electron chi connectivity index (χ0n) is 6.90. The second-order valence-electron chi connectivity index (χ2n) is 2.49. The van der Waals surface area contributed by atoms with E-state index in [1.165, 1.54) is 7.11 Å². The Morgan fingerprint density at radius 2 is 1.92 bits per heavy atom. The average molecular weight is 166 g/mol. The summed E-state index contributed by atoms with van der Waals surface area (Å²) in [5.41, 5.74) is 1.51. The molecule has 0 aliphatic carbocycles. The van der Waals surface area contributed by atoms with E-state index < -0.39 is 7.12 Å². The summed E-state index contributed by atoms with van der Waals surface area (Å²) in [7, 11) is 0.558. The van der Waals surface area contributed by atoms with Crippen LogP contribution in [0.3, 0.4) is 0 Å². The molecule has 0 heterocycles. The number of benzene rings is 1. The van der Waals surface area contributed by atoms with Crippen LogP contribution in [0.25, 0.3) is 0 Å². The summed E-state index contributed by atoms with van der Waals surface area (Å²) in [6.45, 7) is 0.0172. The van der Waals surface area contributed by atoms with Crippen molar-refractivity contribution in [2.24, 2.45) is 0 Å². The standard InChI is InChI=1S/C8H11BO3/c1-12-9(11)8-4-2-7(6-10)3-5-8/h2-5,10-11H,6H2,1H3. The predicted molar refractivity (Wildman–Crippen MR) is 47.0 cm³/mol. The van der Waals surface area contributed by atoms with Crippen LogP contribution in [0.5, 0.6) is 0 Å². The van der Waals surface area contributed by atoms with Crippen LogP contribution >= 0.6 is 0 Å². The van der Waals surface area contributed by atoms with Crippen LogP contribution < -0.4 is 5.46 Å². The minimum Gasteiger partial charge on any atom is -0.423 e. The van der Waals surface area contributed by atoms with E-state index in [2.05, 4.69) is 0 Å². The summed E-state index contributed by atoms with van der Waals surface area (Å²) in [5.74, 6) is 0. The minimum atomic E-state index is -0.877. The fraction of sp³-hybridized carbons (Fsp3) is 0.250. The lowest BCUT2D eigenvalue weighted by Gasteiger charge is -2.03. The number of rotatable bonds is 3. The van der Waals surface area contributed by atoms with Crippen molar-refractivity contribution in [3.05, 3.63) is 29.8 Å². The summed E-state index contributed by atoms with van der Waals surface area (Å²) in [6, 6.07) is 6.94. The van der Waals surface area contributed by atoms with Crippen LogP contribution in [0.4, 0.5) is 0 Å². The molecule has 0 aliphatic heterocycles. The van der Waals surface area contributed by atoms with Crippen LogP contribution in [0.2, 0.25) is 0 Å². The van der Waals surface area contributed by atoms with Gasteiger partial charge in [-0.25, -0.2) is 0 Å². The van der Waals surface area contributed by atoms with Crippen LogP contribution in [0.15, 0.2) is 24.3 Å². The monoisotopic (exact) mass is 166 g/mol. The Bertz CT molecular complexity index is 235. The number of aliphatic hydroxyl groups is 1. The van der Waals surface area contributed by atoms with Crippen LogP contribution in [0.1, 0.15) is 5.56 Å². The van der Waals surface area contributed by atoms with Crippen LogP contribution in [-0.2, 0) is 11.3 Å². The van der Waals surface area contributed by atoms with Gasteiger partial charge in [-0.05, 0) is 11.0 Å². The van der Waals surface area contributed by atoms with Gasteiger partial charge in [-0.2, -0.15) is 0 Å². The highest BCUT2D eigenvalue weighted by atomic mass is 16.5. The normalized spacial score (nSPS) is 9.92. The third kappa shape index (κ3) is 2.07. The molecule has 0 saturated heterocycles. The fourth-order valence-electron chi connectivity index (χ4n) is 0.924. The van der Waals surface area contributed by atoms with E-state index in [1.54, 1.807) is 24.3 Å². The number of hydrogen-bond acceptors (Lipinski definition) is 3. The van der Waals surface area contributed by atoms with E-state index >= 15 is 0 Å². The van der Waals surface area contributed by atoms with Crippen LogP contribution in [-0.4, -0.2) is 24.4 Å². The number of aliphatic hydroxyl groups excluding tert-OH is 1. The molecular formula is C8H11BO3. The van der Waals surface area contributed by atoms with Gasteiger partial charge in [0.2, 0.25) is 0 Å². The van der Waals surface area contributed by atoms with Gasteiger partial charge < -0.3 is 14.8 Å². The van der Waals surface area contributed by atoms with Crippen molar-refractivity contribution in [3.8, 4) is 0 Å². The zero-order valence-corrected chi connectivity index (χ0v) is 6.90. The molecule has 1 rings (SSSR count). The van der Waals surface area contributed by atoms with Crippen molar-refractivity contribution in [2.45, 2.75) is 6.61 Å². The first kappa shape index (κ1) is 9.25. The Kier molecular flexibility index (Phi) is 3.28. The maximum absolute atomic E-state index is 9.21. The molecule has 0 atom stereocenters. The minimum absolute atomic E-state index is 0.0172. The van der Waals surface area contributed by atoms with Gasteiger partial charge in [0.15, 0.2) is 0 Å². The Labute approximate surface area is 71.8 Å². The molecule has 0 aromatic heterocycles. The van der Waals surface area contributed by atoms with Crippen molar-refractivity contribution in [1.29, 1.82) is 0 Å². The van der Waals surface area contributed by atoms with E-state index in [-0.39, 0.29) is 6.61 Å². The summed E-state index contributed by atoms with van der Waals surface area (Å²) >= 11 is 0. The van der Waals surface area contributed by atoms with E-state index in [1.807, 2.05) is 0 Å². The zero-order chi connectivity index (χ0) is 8.97. The third-order valence-electron chi connectivity index (χ3n) is 1.67. The first-order valence-corrected chi connectivity index (χ1v) is 3.68. The van der Waals surface area contributed by atoms with Crippen molar-refractivity contribution < 1.29 is 14.8 Å². The lowest BCUT2D eigenvalue weighted by Crippen LogP contribution is -2.32. The highest BCUT2D eigenvalue weighted by molar-refractivity contribution is 6.59. The van der Waals surface area contributed by atoms with E-state index in [0.717, 1.165) is 5.56 Å². The molecule has 0 amide bonds. The molecule has 4 heteroatoms. The van der Waals surface area contributed by atoms with Gasteiger partial charge in [0.05, 0.1) is 6.61 Å². The Hall–Kier alpha value is -0.835. The van der Waals surface area contributed by atoms with Gasteiger partial charge in [0, 0.05) is 7.11 Å².